The molecule has 2 aromatic heterocycles. The Morgan fingerprint density at radius 3 is 2.50 bits per heavy atom. The number of anilines is 3. The third kappa shape index (κ3) is 4.87. The highest BCUT2D eigenvalue weighted by atomic mass is 19.3. The summed E-state index contributed by atoms with van der Waals surface area (Å²) in [4.78, 5) is 22.3. The summed E-state index contributed by atoms with van der Waals surface area (Å²) < 4.78 is 36.5. The molecule has 6 rings (SSSR count). The second kappa shape index (κ2) is 10.4. The molecule has 3 aliphatic heterocycles. The van der Waals surface area contributed by atoms with Gasteiger partial charge in [0.25, 0.3) is 12.0 Å². The van der Waals surface area contributed by atoms with E-state index in [1.165, 1.54) is 0 Å². The van der Waals surface area contributed by atoms with Crippen LogP contribution in [0, 0.1) is 6.92 Å². The van der Waals surface area contributed by atoms with Crippen molar-refractivity contribution in [3.05, 3.63) is 57.0 Å². The molecule has 0 aliphatic carbocycles. The van der Waals surface area contributed by atoms with Gasteiger partial charge in [-0.05, 0) is 82.2 Å². The molecule has 40 heavy (non-hydrogen) atoms. The molecule has 0 bridgehead atoms. The number of hydrogen-bond acceptors (Lipinski definition) is 6. The predicted octanol–water partition coefficient (Wildman–Crippen LogP) is 5.48. The number of halogens is 2. The van der Waals surface area contributed by atoms with Gasteiger partial charge in [-0.25, -0.2) is 13.8 Å². The third-order valence-electron chi connectivity index (χ3n) is 9.12. The van der Waals surface area contributed by atoms with E-state index in [0.717, 1.165) is 72.2 Å². The van der Waals surface area contributed by atoms with Crippen molar-refractivity contribution in [2.24, 2.45) is 12.8 Å². The molecule has 2 saturated heterocycles. The van der Waals surface area contributed by atoms with Gasteiger partial charge in [0.2, 0.25) is 0 Å². The average Bonchev–Trinajstić information content (AvgIpc) is 2.95. The molecule has 0 spiro atoms. The lowest BCUT2D eigenvalue weighted by Crippen LogP contribution is -2.48. The molecule has 7 nitrogen and oxygen atoms in total. The van der Waals surface area contributed by atoms with E-state index in [2.05, 4.69) is 9.80 Å². The number of nitrogens with two attached hydrogens (primary N) is 1. The number of pyridine rings is 2. The summed E-state index contributed by atoms with van der Waals surface area (Å²) in [5.74, 6) is 0.965. The zero-order valence-electron chi connectivity index (χ0n) is 23.7. The van der Waals surface area contributed by atoms with Crippen LogP contribution < -0.4 is 21.1 Å². The number of ether oxygens (including phenoxy) is 1. The number of hydrogen-bond donors (Lipinski definition) is 1. The number of fused-ring (bicyclic) bond motifs is 2. The smallest absolute Gasteiger partial charge is 0.265 e. The molecule has 0 atom stereocenters. The maximum absolute atomic E-state index is 14.6. The van der Waals surface area contributed by atoms with Gasteiger partial charge in [-0.15, -0.1) is 0 Å². The van der Waals surface area contributed by atoms with Gasteiger partial charge in [0.1, 0.15) is 5.82 Å². The van der Waals surface area contributed by atoms with Crippen LogP contribution in [0.15, 0.2) is 29.1 Å². The SMILES string of the molecule is Cc1cc2c(N3CCCc4cc(N5CCC(C)(N)CC5)c(C(F)F)cc43)nc(C3CCOCC3)cc2n(C)c1=O. The number of rotatable bonds is 4. The van der Waals surface area contributed by atoms with Crippen LogP contribution in [0.4, 0.5) is 26.0 Å². The van der Waals surface area contributed by atoms with Gasteiger partial charge in [-0.1, -0.05) is 0 Å². The fourth-order valence-corrected chi connectivity index (χ4v) is 6.59. The average molecular weight is 552 g/mol. The lowest BCUT2D eigenvalue weighted by molar-refractivity contribution is 0.0845. The minimum absolute atomic E-state index is 0.0404. The Labute approximate surface area is 233 Å². The van der Waals surface area contributed by atoms with Gasteiger partial charge in [0, 0.05) is 84.9 Å². The molecule has 0 amide bonds. The van der Waals surface area contributed by atoms with Crippen molar-refractivity contribution in [2.45, 2.75) is 70.3 Å². The second-order valence-corrected chi connectivity index (χ2v) is 12.1. The van der Waals surface area contributed by atoms with E-state index in [9.17, 15) is 13.6 Å². The number of benzene rings is 1. The molecule has 214 valence electrons. The van der Waals surface area contributed by atoms with Gasteiger partial charge < -0.3 is 24.8 Å². The van der Waals surface area contributed by atoms with Crippen molar-refractivity contribution in [3.8, 4) is 0 Å². The van der Waals surface area contributed by atoms with Gasteiger partial charge in [-0.2, -0.15) is 0 Å². The van der Waals surface area contributed by atoms with Gasteiger partial charge in [-0.3, -0.25) is 4.79 Å². The summed E-state index contributed by atoms with van der Waals surface area (Å²) in [7, 11) is 1.80. The quantitative estimate of drug-likeness (QED) is 0.463. The molecule has 3 aliphatic rings. The summed E-state index contributed by atoms with van der Waals surface area (Å²) in [5, 5.41) is 0.865. The van der Waals surface area contributed by atoms with E-state index in [0.29, 0.717) is 44.1 Å². The van der Waals surface area contributed by atoms with E-state index >= 15 is 0 Å². The summed E-state index contributed by atoms with van der Waals surface area (Å²) in [6.07, 6.45) is 2.38. The summed E-state index contributed by atoms with van der Waals surface area (Å²) in [5.41, 5.74) is 10.9. The molecule has 2 N–H and O–H groups in total. The first-order chi connectivity index (χ1) is 19.1. The van der Waals surface area contributed by atoms with Crippen LogP contribution in [-0.2, 0) is 18.2 Å². The molecule has 1 aromatic carbocycles. The fraction of sp³-hybridized carbons (Fsp3) is 0.548. The van der Waals surface area contributed by atoms with E-state index in [1.54, 1.807) is 17.7 Å². The normalized spacial score (nSPS) is 19.9. The van der Waals surface area contributed by atoms with Crippen molar-refractivity contribution < 1.29 is 13.5 Å². The Hall–Kier alpha value is -3.04. The van der Waals surface area contributed by atoms with Crippen molar-refractivity contribution in [1.29, 1.82) is 0 Å². The van der Waals surface area contributed by atoms with Crippen LogP contribution in [-0.4, -0.2) is 47.9 Å². The molecule has 3 aromatic rings. The standard InChI is InChI=1S/C31H39F2N5O2/c1-19-15-23-26(36(3)30(19)39)18-24(20-6-13-40-14-7-20)35-29(23)38-10-4-5-21-16-27(22(28(32)33)17-25(21)38)37-11-8-31(2,34)9-12-37/h15-18,20,28H,4-14,34H2,1-3H3. The van der Waals surface area contributed by atoms with Crippen molar-refractivity contribution in [3.63, 3.8) is 0 Å². The largest absolute Gasteiger partial charge is 0.381 e. The van der Waals surface area contributed by atoms with Crippen LogP contribution in [0.25, 0.3) is 10.9 Å². The van der Waals surface area contributed by atoms with Crippen LogP contribution in [0.3, 0.4) is 0 Å². The Morgan fingerprint density at radius 1 is 1.07 bits per heavy atom. The number of aryl methyl sites for hydroxylation is 3. The molecule has 0 unspecified atom stereocenters. The fourth-order valence-electron chi connectivity index (χ4n) is 6.59. The lowest BCUT2D eigenvalue weighted by Gasteiger charge is -2.40. The van der Waals surface area contributed by atoms with Gasteiger partial charge in [0.05, 0.1) is 5.52 Å². The monoisotopic (exact) mass is 551 g/mol. The van der Waals surface area contributed by atoms with Gasteiger partial charge >= 0.3 is 0 Å². The van der Waals surface area contributed by atoms with Crippen LogP contribution >= 0.6 is 0 Å². The Morgan fingerprint density at radius 2 is 1.80 bits per heavy atom. The highest BCUT2D eigenvalue weighted by molar-refractivity contribution is 5.93. The summed E-state index contributed by atoms with van der Waals surface area (Å²) in [6.45, 7) is 7.22. The minimum Gasteiger partial charge on any atom is -0.381 e. The van der Waals surface area contributed by atoms with Crippen molar-refractivity contribution >= 4 is 28.1 Å². The lowest BCUT2D eigenvalue weighted by atomic mass is 9.89. The zero-order valence-corrected chi connectivity index (χ0v) is 23.7. The van der Waals surface area contributed by atoms with E-state index in [-0.39, 0.29) is 22.6 Å². The molecule has 9 heteroatoms. The first-order valence-electron chi connectivity index (χ1n) is 14.5. The summed E-state index contributed by atoms with van der Waals surface area (Å²) in [6, 6.07) is 7.61. The van der Waals surface area contributed by atoms with Crippen molar-refractivity contribution in [2.75, 3.05) is 42.6 Å². The van der Waals surface area contributed by atoms with E-state index < -0.39 is 6.43 Å². The molecule has 2 fully saturated rings. The number of piperidine rings is 1. The predicted molar refractivity (Wildman–Crippen MR) is 155 cm³/mol. The van der Waals surface area contributed by atoms with Crippen LogP contribution in [0.5, 0.6) is 0 Å². The second-order valence-electron chi connectivity index (χ2n) is 12.1. The highest BCUT2D eigenvalue weighted by Gasteiger charge is 2.32. The molecule has 0 saturated carbocycles. The molecule has 5 heterocycles. The number of alkyl halides is 2. The van der Waals surface area contributed by atoms with Crippen LogP contribution in [0.1, 0.15) is 73.8 Å². The third-order valence-corrected chi connectivity index (χ3v) is 9.12. The Bertz CT molecular complexity index is 1490. The minimum atomic E-state index is -2.60. The number of aromatic nitrogens is 2. The number of nitrogens with zero attached hydrogens (tertiary/aromatic N) is 4. The molecule has 0 radical (unpaired) electrons. The Balaban J connectivity index is 1.50. The topological polar surface area (TPSA) is 76.6 Å². The van der Waals surface area contributed by atoms with E-state index in [4.69, 9.17) is 15.5 Å². The first-order valence-corrected chi connectivity index (χ1v) is 14.5. The molecular weight excluding hydrogens is 512 g/mol. The first kappa shape index (κ1) is 27.1. The Kier molecular flexibility index (Phi) is 7.07. The van der Waals surface area contributed by atoms with Gasteiger partial charge in [0.15, 0.2) is 0 Å². The maximum Gasteiger partial charge on any atom is 0.265 e. The summed E-state index contributed by atoms with van der Waals surface area (Å²) >= 11 is 0. The maximum atomic E-state index is 14.6. The molecular formula is C31H39F2N5O2. The highest BCUT2D eigenvalue weighted by Crippen LogP contribution is 2.43. The van der Waals surface area contributed by atoms with Crippen LogP contribution in [0.2, 0.25) is 0 Å². The van der Waals surface area contributed by atoms with Crippen molar-refractivity contribution in [1.82, 2.24) is 9.55 Å². The zero-order chi connectivity index (χ0) is 28.2. The van der Waals surface area contributed by atoms with E-state index in [1.807, 2.05) is 32.0 Å².